The van der Waals surface area contributed by atoms with Crippen molar-refractivity contribution in [3.05, 3.63) is 57.9 Å². The van der Waals surface area contributed by atoms with Gasteiger partial charge in [0.25, 0.3) is 5.91 Å². The number of rotatable bonds is 3. The Morgan fingerprint density at radius 1 is 1.12 bits per heavy atom. The summed E-state index contributed by atoms with van der Waals surface area (Å²) in [6, 6.07) is 8.82. The Bertz CT molecular complexity index is 991. The van der Waals surface area contributed by atoms with Crippen LogP contribution in [0.5, 0.6) is 0 Å². The molecule has 6 nitrogen and oxygen atoms in total. The molecule has 138 valence electrons. The van der Waals surface area contributed by atoms with Crippen LogP contribution in [0.25, 0.3) is 0 Å². The highest BCUT2D eigenvalue weighted by Gasteiger charge is 2.31. The first-order chi connectivity index (χ1) is 12.3. The lowest BCUT2D eigenvalue weighted by molar-refractivity contribution is 0.0697. The lowest BCUT2D eigenvalue weighted by Gasteiger charge is -2.34. The van der Waals surface area contributed by atoms with E-state index in [0.717, 1.165) is 11.1 Å². The first-order valence-corrected chi connectivity index (χ1v) is 10.2. The van der Waals surface area contributed by atoms with Crippen molar-refractivity contribution in [2.45, 2.75) is 18.7 Å². The summed E-state index contributed by atoms with van der Waals surface area (Å²) in [5, 5.41) is 0. The van der Waals surface area contributed by atoms with Crippen molar-refractivity contribution in [2.24, 2.45) is 0 Å². The number of H-pyrrole nitrogens is 1. The number of carbonyl (C=O) groups is 1. The van der Waals surface area contributed by atoms with Crippen molar-refractivity contribution in [3.63, 3.8) is 0 Å². The molecule has 0 radical (unpaired) electrons. The van der Waals surface area contributed by atoms with Gasteiger partial charge in [-0.1, -0.05) is 24.4 Å². The highest BCUT2D eigenvalue weighted by Crippen LogP contribution is 2.22. The average molecular weight is 392 g/mol. The van der Waals surface area contributed by atoms with Crippen LogP contribution in [0.2, 0.25) is 0 Å². The Labute approximate surface area is 158 Å². The molecule has 1 amide bonds. The van der Waals surface area contributed by atoms with Gasteiger partial charge in [0.1, 0.15) is 4.64 Å². The number of pyridine rings is 1. The number of carbonyl (C=O) groups excluding carboxylic acids is 1. The molecule has 1 aliphatic heterocycles. The number of hydrogen-bond acceptors (Lipinski definition) is 4. The Hall–Kier alpha value is -2.03. The second-order valence-electron chi connectivity index (χ2n) is 6.38. The van der Waals surface area contributed by atoms with E-state index in [1.54, 1.807) is 36.2 Å². The summed E-state index contributed by atoms with van der Waals surface area (Å²) in [7, 11) is -3.57. The molecule has 0 bridgehead atoms. The van der Waals surface area contributed by atoms with E-state index in [4.69, 9.17) is 12.2 Å². The summed E-state index contributed by atoms with van der Waals surface area (Å²) in [6.07, 6.45) is 1.67. The number of amides is 1. The molecule has 1 saturated heterocycles. The molecule has 0 unspecified atom stereocenters. The predicted octanol–water partition coefficient (Wildman–Crippen LogP) is 2.51. The van der Waals surface area contributed by atoms with Crippen LogP contribution in [0.4, 0.5) is 0 Å². The molecule has 0 spiro atoms. The van der Waals surface area contributed by atoms with Gasteiger partial charge in [0, 0.05) is 32.4 Å². The smallest absolute Gasteiger partial charge is 0.256 e. The van der Waals surface area contributed by atoms with Crippen LogP contribution in [-0.4, -0.2) is 54.7 Å². The van der Waals surface area contributed by atoms with Gasteiger partial charge >= 0.3 is 0 Å². The number of benzene rings is 1. The van der Waals surface area contributed by atoms with Crippen LogP contribution in [0.1, 0.15) is 21.5 Å². The van der Waals surface area contributed by atoms with Gasteiger partial charge in [-0.2, -0.15) is 4.31 Å². The van der Waals surface area contributed by atoms with Crippen LogP contribution in [0.3, 0.4) is 0 Å². The second kappa shape index (κ2) is 7.30. The standard InChI is InChI=1S/C18H21N3O3S2/c1-13-5-6-14(2)16(12-13)26(23,24)21-10-8-20(9-11-21)18(22)15-4-3-7-19-17(15)25/h3-7,12H,8-11H2,1-2H3,(H,19,25). The zero-order valence-electron chi connectivity index (χ0n) is 14.7. The van der Waals surface area contributed by atoms with E-state index in [2.05, 4.69) is 4.98 Å². The zero-order chi connectivity index (χ0) is 18.9. The molecule has 8 heteroatoms. The molecule has 1 aliphatic rings. The Kier molecular flexibility index (Phi) is 5.27. The van der Waals surface area contributed by atoms with Crippen LogP contribution in [-0.2, 0) is 10.0 Å². The summed E-state index contributed by atoms with van der Waals surface area (Å²) in [5.74, 6) is -0.171. The number of nitrogens with zero attached hydrogens (tertiary/aromatic N) is 2. The summed E-state index contributed by atoms with van der Waals surface area (Å²) in [5.41, 5.74) is 2.07. The van der Waals surface area contributed by atoms with Crippen molar-refractivity contribution in [2.75, 3.05) is 26.2 Å². The number of sulfonamides is 1. The maximum absolute atomic E-state index is 13.0. The van der Waals surface area contributed by atoms with Crippen LogP contribution in [0.15, 0.2) is 41.4 Å². The highest BCUT2D eigenvalue weighted by molar-refractivity contribution is 7.89. The molecule has 0 atom stereocenters. The summed E-state index contributed by atoms with van der Waals surface area (Å²) >= 11 is 5.16. The fraction of sp³-hybridized carbons (Fsp3) is 0.333. The van der Waals surface area contributed by atoms with Crippen LogP contribution >= 0.6 is 12.2 Å². The van der Waals surface area contributed by atoms with Crippen LogP contribution in [0, 0.1) is 18.5 Å². The fourth-order valence-electron chi connectivity index (χ4n) is 3.02. The normalized spacial score (nSPS) is 15.8. The van der Waals surface area contributed by atoms with E-state index in [-0.39, 0.29) is 19.0 Å². The van der Waals surface area contributed by atoms with E-state index < -0.39 is 10.0 Å². The Balaban J connectivity index is 1.76. The molecule has 26 heavy (non-hydrogen) atoms. The molecule has 1 aromatic carbocycles. The molecular formula is C18H21N3O3S2. The van der Waals surface area contributed by atoms with E-state index in [1.165, 1.54) is 4.31 Å². The largest absolute Gasteiger partial charge is 0.352 e. The van der Waals surface area contributed by atoms with Crippen molar-refractivity contribution in [1.29, 1.82) is 0 Å². The van der Waals surface area contributed by atoms with Crippen LogP contribution < -0.4 is 0 Å². The van der Waals surface area contributed by atoms with E-state index in [0.29, 0.717) is 28.2 Å². The van der Waals surface area contributed by atoms with Gasteiger partial charge in [0.15, 0.2) is 0 Å². The first kappa shape index (κ1) is 18.8. The van der Waals surface area contributed by atoms with E-state index >= 15 is 0 Å². The summed E-state index contributed by atoms with van der Waals surface area (Å²) in [6.45, 7) is 4.89. The van der Waals surface area contributed by atoms with Crippen molar-refractivity contribution in [3.8, 4) is 0 Å². The number of hydrogen-bond donors (Lipinski definition) is 1. The lowest BCUT2D eigenvalue weighted by Crippen LogP contribution is -2.50. The maximum Gasteiger partial charge on any atom is 0.256 e. The number of nitrogens with one attached hydrogen (secondary N) is 1. The number of aryl methyl sites for hydroxylation is 2. The monoisotopic (exact) mass is 391 g/mol. The maximum atomic E-state index is 13.0. The lowest BCUT2D eigenvalue weighted by atomic mass is 10.2. The second-order valence-corrected chi connectivity index (χ2v) is 8.69. The number of piperazine rings is 1. The SMILES string of the molecule is Cc1ccc(C)c(S(=O)(=O)N2CCN(C(=O)c3ccc[nH]c3=S)CC2)c1. The molecule has 0 saturated carbocycles. The Morgan fingerprint density at radius 2 is 1.81 bits per heavy atom. The third kappa shape index (κ3) is 3.58. The number of aromatic amines is 1. The minimum atomic E-state index is -3.57. The van der Waals surface area contributed by atoms with Crippen molar-refractivity contribution >= 4 is 28.1 Å². The molecule has 0 aliphatic carbocycles. The topological polar surface area (TPSA) is 73.5 Å². The third-order valence-electron chi connectivity index (χ3n) is 4.54. The first-order valence-electron chi connectivity index (χ1n) is 8.35. The Morgan fingerprint density at radius 3 is 2.46 bits per heavy atom. The molecule has 2 aromatic rings. The molecule has 1 N–H and O–H groups in total. The quantitative estimate of drug-likeness (QED) is 0.816. The van der Waals surface area contributed by atoms with Gasteiger partial charge in [-0.15, -0.1) is 0 Å². The van der Waals surface area contributed by atoms with Gasteiger partial charge in [0.2, 0.25) is 10.0 Å². The number of aromatic nitrogens is 1. The summed E-state index contributed by atoms with van der Waals surface area (Å²) < 4.78 is 27.8. The predicted molar refractivity (Wildman–Crippen MR) is 102 cm³/mol. The van der Waals surface area contributed by atoms with Gasteiger partial charge in [0.05, 0.1) is 10.5 Å². The minimum Gasteiger partial charge on any atom is -0.352 e. The third-order valence-corrected chi connectivity index (χ3v) is 6.91. The highest BCUT2D eigenvalue weighted by atomic mass is 32.2. The van der Waals surface area contributed by atoms with Gasteiger partial charge in [-0.3, -0.25) is 4.79 Å². The average Bonchev–Trinajstić information content (AvgIpc) is 2.63. The molecule has 3 rings (SSSR count). The molecular weight excluding hydrogens is 370 g/mol. The minimum absolute atomic E-state index is 0.171. The van der Waals surface area contributed by atoms with Gasteiger partial charge < -0.3 is 9.88 Å². The molecule has 2 heterocycles. The fourth-order valence-corrected chi connectivity index (χ4v) is 4.97. The zero-order valence-corrected chi connectivity index (χ0v) is 16.4. The van der Waals surface area contributed by atoms with Gasteiger partial charge in [-0.05, 0) is 43.2 Å². The molecule has 1 fully saturated rings. The van der Waals surface area contributed by atoms with E-state index in [9.17, 15) is 13.2 Å². The van der Waals surface area contributed by atoms with Crippen molar-refractivity contribution in [1.82, 2.24) is 14.2 Å². The van der Waals surface area contributed by atoms with Gasteiger partial charge in [-0.25, -0.2) is 8.42 Å². The van der Waals surface area contributed by atoms with Crippen molar-refractivity contribution < 1.29 is 13.2 Å². The summed E-state index contributed by atoms with van der Waals surface area (Å²) in [4.78, 5) is 17.4. The van der Waals surface area contributed by atoms with E-state index in [1.807, 2.05) is 19.1 Å². The molecule has 1 aromatic heterocycles.